The Labute approximate surface area is 213 Å². The number of rotatable bonds is 8. The highest BCUT2D eigenvalue weighted by molar-refractivity contribution is 5.77. The SMILES string of the molecule is Nc1nc(-c2c(O)cccc2OCC2CC2)cc(C2CCCNC2)c1CNC(=O)NC1CCCCC1. The summed E-state index contributed by atoms with van der Waals surface area (Å²) in [5, 5.41) is 20.4. The number of aromatic nitrogens is 1. The molecular weight excluding hydrogens is 454 g/mol. The number of phenolic OH excluding ortho intramolecular Hbond substituents is 1. The number of ether oxygens (including phenoxy) is 1. The number of anilines is 1. The van der Waals surface area contributed by atoms with Crippen molar-refractivity contribution in [3.05, 3.63) is 35.4 Å². The van der Waals surface area contributed by atoms with Crippen molar-refractivity contribution in [2.75, 3.05) is 25.4 Å². The minimum absolute atomic E-state index is 0.126. The van der Waals surface area contributed by atoms with E-state index in [4.69, 9.17) is 15.5 Å². The Kier molecular flexibility index (Phi) is 7.80. The average molecular weight is 494 g/mol. The second-order valence-corrected chi connectivity index (χ2v) is 10.6. The van der Waals surface area contributed by atoms with Crippen LogP contribution < -0.4 is 26.4 Å². The van der Waals surface area contributed by atoms with Crippen molar-refractivity contribution >= 4 is 11.8 Å². The predicted octanol–water partition coefficient (Wildman–Crippen LogP) is 4.42. The quantitative estimate of drug-likeness (QED) is 0.371. The number of aromatic hydroxyl groups is 1. The molecule has 2 aromatic rings. The number of pyridine rings is 1. The number of urea groups is 1. The first-order valence-electron chi connectivity index (χ1n) is 13.6. The summed E-state index contributed by atoms with van der Waals surface area (Å²) in [6.45, 7) is 2.80. The molecule has 2 aliphatic carbocycles. The topological polar surface area (TPSA) is 122 Å². The maximum Gasteiger partial charge on any atom is 0.315 e. The van der Waals surface area contributed by atoms with Crippen molar-refractivity contribution in [2.45, 2.75) is 76.3 Å². The van der Waals surface area contributed by atoms with E-state index in [0.29, 0.717) is 41.9 Å². The van der Waals surface area contributed by atoms with Crippen molar-refractivity contribution in [3.8, 4) is 22.8 Å². The Morgan fingerprint density at radius 3 is 2.72 bits per heavy atom. The molecule has 6 N–H and O–H groups in total. The van der Waals surface area contributed by atoms with Crippen LogP contribution in [0.3, 0.4) is 0 Å². The lowest BCUT2D eigenvalue weighted by Gasteiger charge is -2.27. The van der Waals surface area contributed by atoms with Gasteiger partial charge in [-0.2, -0.15) is 0 Å². The molecule has 1 unspecified atom stereocenters. The molecule has 194 valence electrons. The van der Waals surface area contributed by atoms with Gasteiger partial charge < -0.3 is 31.5 Å². The number of amides is 2. The molecule has 2 amide bonds. The molecule has 0 radical (unpaired) electrons. The highest BCUT2D eigenvalue weighted by atomic mass is 16.5. The van der Waals surface area contributed by atoms with Gasteiger partial charge in [0.1, 0.15) is 17.3 Å². The lowest BCUT2D eigenvalue weighted by atomic mass is 9.87. The number of carbonyl (C=O) groups excluding carboxylic acids is 1. The van der Waals surface area contributed by atoms with E-state index >= 15 is 0 Å². The molecule has 2 heterocycles. The molecule has 8 heteroatoms. The number of nitrogens with one attached hydrogen (secondary N) is 3. The van der Waals surface area contributed by atoms with Crippen molar-refractivity contribution in [1.82, 2.24) is 20.9 Å². The van der Waals surface area contributed by atoms with Gasteiger partial charge in [0.05, 0.1) is 17.9 Å². The first-order valence-corrected chi connectivity index (χ1v) is 13.6. The van der Waals surface area contributed by atoms with Crippen molar-refractivity contribution in [3.63, 3.8) is 0 Å². The molecular formula is C28H39N5O3. The van der Waals surface area contributed by atoms with Crippen molar-refractivity contribution < 1.29 is 14.6 Å². The fourth-order valence-electron chi connectivity index (χ4n) is 5.46. The molecule has 1 saturated heterocycles. The summed E-state index contributed by atoms with van der Waals surface area (Å²) in [5.41, 5.74) is 9.64. The summed E-state index contributed by atoms with van der Waals surface area (Å²) in [7, 11) is 0. The predicted molar refractivity (Wildman–Crippen MR) is 141 cm³/mol. The molecule has 0 spiro atoms. The molecule has 36 heavy (non-hydrogen) atoms. The Morgan fingerprint density at radius 1 is 1.14 bits per heavy atom. The van der Waals surface area contributed by atoms with Gasteiger partial charge in [0.15, 0.2) is 0 Å². The van der Waals surface area contributed by atoms with Crippen LogP contribution in [0.25, 0.3) is 11.3 Å². The maximum absolute atomic E-state index is 12.6. The van der Waals surface area contributed by atoms with Gasteiger partial charge in [-0.3, -0.25) is 0 Å². The highest BCUT2D eigenvalue weighted by Crippen LogP contribution is 2.41. The molecule has 0 bridgehead atoms. The number of nitrogens with zero attached hydrogens (tertiary/aromatic N) is 1. The minimum Gasteiger partial charge on any atom is -0.507 e. The summed E-state index contributed by atoms with van der Waals surface area (Å²) in [4.78, 5) is 17.4. The third kappa shape index (κ3) is 6.03. The van der Waals surface area contributed by atoms with Crippen LogP contribution in [-0.4, -0.2) is 41.9 Å². The highest BCUT2D eigenvalue weighted by Gasteiger charge is 2.26. The monoisotopic (exact) mass is 493 g/mol. The van der Waals surface area contributed by atoms with E-state index in [1.165, 1.54) is 32.1 Å². The van der Waals surface area contributed by atoms with Crippen molar-refractivity contribution in [2.24, 2.45) is 5.92 Å². The number of nitrogens with two attached hydrogens (primary N) is 1. The first kappa shape index (κ1) is 24.7. The van der Waals surface area contributed by atoms with E-state index in [-0.39, 0.29) is 23.7 Å². The number of hydrogen-bond donors (Lipinski definition) is 5. The maximum atomic E-state index is 12.6. The van der Waals surface area contributed by atoms with Crippen molar-refractivity contribution in [1.29, 1.82) is 0 Å². The van der Waals surface area contributed by atoms with Gasteiger partial charge in [0.2, 0.25) is 0 Å². The average Bonchev–Trinajstić information content (AvgIpc) is 3.72. The van der Waals surface area contributed by atoms with Crippen LogP contribution in [0, 0.1) is 5.92 Å². The van der Waals surface area contributed by atoms with E-state index in [0.717, 1.165) is 49.9 Å². The molecule has 5 rings (SSSR count). The van der Waals surface area contributed by atoms with Gasteiger partial charge in [-0.1, -0.05) is 25.3 Å². The van der Waals surface area contributed by atoms with E-state index < -0.39 is 0 Å². The number of nitrogen functional groups attached to an aromatic ring is 1. The van der Waals surface area contributed by atoms with Crippen LogP contribution in [0.4, 0.5) is 10.6 Å². The number of phenols is 1. The summed E-state index contributed by atoms with van der Waals surface area (Å²) >= 11 is 0. The number of piperidine rings is 1. The summed E-state index contributed by atoms with van der Waals surface area (Å²) in [6.07, 6.45) is 10.1. The summed E-state index contributed by atoms with van der Waals surface area (Å²) in [6, 6.07) is 7.44. The van der Waals surface area contributed by atoms with Gasteiger partial charge >= 0.3 is 6.03 Å². The first-order chi connectivity index (χ1) is 17.6. The second kappa shape index (κ2) is 11.4. The lowest BCUT2D eigenvalue weighted by Crippen LogP contribution is -2.42. The lowest BCUT2D eigenvalue weighted by molar-refractivity contribution is 0.232. The Morgan fingerprint density at radius 2 is 1.97 bits per heavy atom. The molecule has 1 aromatic heterocycles. The van der Waals surface area contributed by atoms with Crippen LogP contribution in [0.1, 0.15) is 74.8 Å². The third-order valence-electron chi connectivity index (χ3n) is 7.73. The summed E-state index contributed by atoms with van der Waals surface area (Å²) in [5.74, 6) is 1.97. The van der Waals surface area contributed by atoms with Gasteiger partial charge in [0, 0.05) is 24.7 Å². The van der Waals surface area contributed by atoms with Gasteiger partial charge in [0.25, 0.3) is 0 Å². The normalized spacial score (nSPS) is 20.6. The molecule has 3 aliphatic rings. The second-order valence-electron chi connectivity index (χ2n) is 10.6. The van der Waals surface area contributed by atoms with Crippen LogP contribution >= 0.6 is 0 Å². The van der Waals surface area contributed by atoms with Gasteiger partial charge in [-0.15, -0.1) is 0 Å². The van der Waals surface area contributed by atoms with E-state index in [9.17, 15) is 9.90 Å². The fraction of sp³-hybridized carbons (Fsp3) is 0.571. The largest absolute Gasteiger partial charge is 0.507 e. The zero-order chi connectivity index (χ0) is 24.9. The third-order valence-corrected chi connectivity index (χ3v) is 7.73. The zero-order valence-corrected chi connectivity index (χ0v) is 21.0. The zero-order valence-electron chi connectivity index (χ0n) is 21.0. The van der Waals surface area contributed by atoms with Crippen LogP contribution in [0.2, 0.25) is 0 Å². The minimum atomic E-state index is -0.158. The fourth-order valence-corrected chi connectivity index (χ4v) is 5.46. The Hall–Kier alpha value is -3.00. The Balaban J connectivity index is 1.41. The summed E-state index contributed by atoms with van der Waals surface area (Å²) < 4.78 is 6.08. The smallest absolute Gasteiger partial charge is 0.315 e. The van der Waals surface area contributed by atoms with Crippen LogP contribution in [0.15, 0.2) is 24.3 Å². The van der Waals surface area contributed by atoms with E-state index in [2.05, 4.69) is 16.0 Å². The van der Waals surface area contributed by atoms with E-state index in [1.807, 2.05) is 12.1 Å². The molecule has 8 nitrogen and oxygen atoms in total. The standard InChI is InChI=1S/C28H39N5O3/c29-27-22(16-31-28(35)32-20-7-2-1-3-8-20)21(19-6-5-13-30-15-19)14-23(33-27)26-24(34)9-4-10-25(26)36-17-18-11-12-18/h4,9-10,14,18-20,30,34H,1-3,5-8,11-13,15-17H2,(H2,29,33)(H2,31,32,35). The molecule has 3 fully saturated rings. The number of hydrogen-bond acceptors (Lipinski definition) is 6. The van der Waals surface area contributed by atoms with Crippen LogP contribution in [0.5, 0.6) is 11.5 Å². The Bertz CT molecular complexity index is 1060. The van der Waals surface area contributed by atoms with Gasteiger partial charge in [-0.05, 0) is 80.7 Å². The van der Waals surface area contributed by atoms with Crippen LogP contribution in [-0.2, 0) is 6.54 Å². The molecule has 2 saturated carbocycles. The van der Waals surface area contributed by atoms with Gasteiger partial charge in [-0.25, -0.2) is 9.78 Å². The van der Waals surface area contributed by atoms with E-state index in [1.54, 1.807) is 12.1 Å². The number of carbonyl (C=O) groups is 1. The molecule has 1 aliphatic heterocycles. The molecule has 1 atom stereocenters. The number of benzene rings is 1. The molecule has 1 aromatic carbocycles.